The van der Waals surface area contributed by atoms with Crippen molar-refractivity contribution in [2.24, 2.45) is 0 Å². The Morgan fingerprint density at radius 1 is 1.06 bits per heavy atom. The number of nitrogens with two attached hydrogens (primary N) is 1. The molecule has 5 heteroatoms. The normalized spacial score (nSPS) is 10.4. The minimum absolute atomic E-state index is 0.342. The van der Waals surface area contributed by atoms with Crippen LogP contribution >= 0.6 is 34.8 Å². The smallest absolute Gasteiger partial charge is 0.0778 e. The average molecular weight is 274 g/mol. The molecular formula is C11H7Cl3N2. The summed E-state index contributed by atoms with van der Waals surface area (Å²) in [7, 11) is 0. The van der Waals surface area contributed by atoms with Crippen LogP contribution < -0.4 is 5.73 Å². The van der Waals surface area contributed by atoms with E-state index in [1.807, 2.05) is 0 Å². The van der Waals surface area contributed by atoms with E-state index in [0.717, 1.165) is 11.1 Å². The first-order valence-electron chi connectivity index (χ1n) is 4.44. The van der Waals surface area contributed by atoms with E-state index in [9.17, 15) is 0 Å². The minimum Gasteiger partial charge on any atom is -0.398 e. The second kappa shape index (κ2) is 4.50. The maximum Gasteiger partial charge on any atom is 0.0778 e. The Hall–Kier alpha value is -0.960. The maximum absolute atomic E-state index is 5.94. The van der Waals surface area contributed by atoms with Crippen LogP contribution in [-0.2, 0) is 0 Å². The third-order valence-corrected chi connectivity index (χ3v) is 3.35. The standard InChI is InChI=1S/C11H7Cl3N2/c12-8-3-6(4-9(13)11(8)14)7-5-16-2-1-10(7)15/h1-5H,(H2,15,16). The van der Waals surface area contributed by atoms with Crippen LogP contribution in [0.25, 0.3) is 11.1 Å². The Morgan fingerprint density at radius 2 is 1.69 bits per heavy atom. The number of hydrogen-bond acceptors (Lipinski definition) is 2. The van der Waals surface area contributed by atoms with Crippen molar-refractivity contribution in [2.75, 3.05) is 5.73 Å². The van der Waals surface area contributed by atoms with E-state index in [2.05, 4.69) is 4.98 Å². The van der Waals surface area contributed by atoms with Gasteiger partial charge in [-0.15, -0.1) is 0 Å². The van der Waals surface area contributed by atoms with Crippen molar-refractivity contribution in [1.29, 1.82) is 0 Å². The molecule has 1 heterocycles. The van der Waals surface area contributed by atoms with Gasteiger partial charge in [-0.05, 0) is 23.8 Å². The molecule has 0 unspecified atom stereocenters. The number of nitrogen functional groups attached to an aromatic ring is 1. The van der Waals surface area contributed by atoms with Gasteiger partial charge in [0, 0.05) is 23.6 Å². The number of nitrogens with zero attached hydrogens (tertiary/aromatic N) is 1. The highest BCUT2D eigenvalue weighted by Gasteiger charge is 2.09. The van der Waals surface area contributed by atoms with E-state index in [0.29, 0.717) is 20.8 Å². The van der Waals surface area contributed by atoms with Crippen LogP contribution in [0.1, 0.15) is 0 Å². The molecule has 2 nitrogen and oxygen atoms in total. The van der Waals surface area contributed by atoms with E-state index < -0.39 is 0 Å². The van der Waals surface area contributed by atoms with Gasteiger partial charge in [0.05, 0.1) is 15.1 Å². The number of pyridine rings is 1. The van der Waals surface area contributed by atoms with Gasteiger partial charge in [0.15, 0.2) is 0 Å². The molecule has 2 aromatic rings. The van der Waals surface area contributed by atoms with Crippen molar-refractivity contribution in [2.45, 2.75) is 0 Å². The molecular weight excluding hydrogens is 266 g/mol. The molecule has 0 spiro atoms. The molecule has 16 heavy (non-hydrogen) atoms. The minimum atomic E-state index is 0.342. The molecule has 0 amide bonds. The van der Waals surface area contributed by atoms with Crippen molar-refractivity contribution in [3.63, 3.8) is 0 Å². The highest BCUT2D eigenvalue weighted by molar-refractivity contribution is 6.48. The fourth-order valence-corrected chi connectivity index (χ4v) is 1.95. The number of anilines is 1. The molecule has 0 radical (unpaired) electrons. The van der Waals surface area contributed by atoms with Crippen molar-refractivity contribution in [1.82, 2.24) is 4.98 Å². The van der Waals surface area contributed by atoms with Crippen LogP contribution in [-0.4, -0.2) is 4.98 Å². The molecule has 0 atom stereocenters. The molecule has 1 aromatic heterocycles. The summed E-state index contributed by atoms with van der Waals surface area (Å²) in [6.45, 7) is 0. The topological polar surface area (TPSA) is 38.9 Å². The van der Waals surface area contributed by atoms with Crippen molar-refractivity contribution in [3.05, 3.63) is 45.7 Å². The number of rotatable bonds is 1. The van der Waals surface area contributed by atoms with Crippen LogP contribution in [0, 0.1) is 0 Å². The quantitative estimate of drug-likeness (QED) is 0.787. The molecule has 0 aliphatic rings. The number of halogens is 3. The van der Waals surface area contributed by atoms with Crippen LogP contribution in [0.5, 0.6) is 0 Å². The highest BCUT2D eigenvalue weighted by atomic mass is 35.5. The summed E-state index contributed by atoms with van der Waals surface area (Å²) in [5.74, 6) is 0. The third kappa shape index (κ3) is 2.09. The summed E-state index contributed by atoms with van der Waals surface area (Å²) in [5, 5.41) is 1.13. The van der Waals surface area contributed by atoms with Gasteiger partial charge in [0.1, 0.15) is 0 Å². The lowest BCUT2D eigenvalue weighted by Crippen LogP contribution is -1.91. The third-order valence-electron chi connectivity index (χ3n) is 2.15. The predicted octanol–water partition coefficient (Wildman–Crippen LogP) is 4.29. The molecule has 2 rings (SSSR count). The van der Waals surface area contributed by atoms with Gasteiger partial charge in [-0.2, -0.15) is 0 Å². The van der Waals surface area contributed by atoms with Gasteiger partial charge in [-0.25, -0.2) is 0 Å². The zero-order valence-electron chi connectivity index (χ0n) is 8.05. The average Bonchev–Trinajstić information content (AvgIpc) is 2.26. The summed E-state index contributed by atoms with van der Waals surface area (Å²) in [6.07, 6.45) is 3.28. The van der Waals surface area contributed by atoms with Gasteiger partial charge in [0.2, 0.25) is 0 Å². The van der Waals surface area contributed by atoms with Crippen LogP contribution in [0.4, 0.5) is 5.69 Å². The Bertz CT molecular complexity index is 517. The summed E-state index contributed by atoms with van der Waals surface area (Å²) >= 11 is 17.8. The summed E-state index contributed by atoms with van der Waals surface area (Å²) in [4.78, 5) is 4.00. The zero-order chi connectivity index (χ0) is 11.7. The maximum atomic E-state index is 5.94. The Morgan fingerprint density at radius 3 is 2.25 bits per heavy atom. The first-order chi connectivity index (χ1) is 7.59. The number of aromatic nitrogens is 1. The fraction of sp³-hybridized carbons (Fsp3) is 0. The lowest BCUT2D eigenvalue weighted by atomic mass is 10.1. The summed E-state index contributed by atoms with van der Waals surface area (Å²) in [6, 6.07) is 5.14. The van der Waals surface area contributed by atoms with E-state index in [1.165, 1.54) is 0 Å². The second-order valence-electron chi connectivity index (χ2n) is 3.22. The molecule has 2 N–H and O–H groups in total. The lowest BCUT2D eigenvalue weighted by Gasteiger charge is -2.07. The van der Waals surface area contributed by atoms with Crippen molar-refractivity contribution < 1.29 is 0 Å². The van der Waals surface area contributed by atoms with Gasteiger partial charge < -0.3 is 5.73 Å². The molecule has 1 aromatic carbocycles. The van der Waals surface area contributed by atoms with Crippen molar-refractivity contribution in [3.8, 4) is 11.1 Å². The van der Waals surface area contributed by atoms with Gasteiger partial charge in [-0.1, -0.05) is 34.8 Å². The summed E-state index contributed by atoms with van der Waals surface area (Å²) in [5.41, 5.74) is 8.02. The Kier molecular flexibility index (Phi) is 3.24. The highest BCUT2D eigenvalue weighted by Crippen LogP contribution is 2.36. The second-order valence-corrected chi connectivity index (χ2v) is 4.41. The predicted molar refractivity (Wildman–Crippen MR) is 69.1 cm³/mol. The summed E-state index contributed by atoms with van der Waals surface area (Å²) < 4.78 is 0. The van der Waals surface area contributed by atoms with Crippen LogP contribution in [0.2, 0.25) is 15.1 Å². The van der Waals surface area contributed by atoms with Gasteiger partial charge >= 0.3 is 0 Å². The molecule has 0 fully saturated rings. The van der Waals surface area contributed by atoms with Crippen molar-refractivity contribution >= 4 is 40.5 Å². The van der Waals surface area contributed by atoms with Crippen LogP contribution in [0.3, 0.4) is 0 Å². The van der Waals surface area contributed by atoms with E-state index in [1.54, 1.807) is 30.6 Å². The molecule has 0 bridgehead atoms. The lowest BCUT2D eigenvalue weighted by molar-refractivity contribution is 1.33. The zero-order valence-corrected chi connectivity index (χ0v) is 10.3. The van der Waals surface area contributed by atoms with E-state index in [-0.39, 0.29) is 0 Å². The van der Waals surface area contributed by atoms with Gasteiger partial charge in [-0.3, -0.25) is 4.98 Å². The Labute approximate surface area is 108 Å². The molecule has 82 valence electrons. The van der Waals surface area contributed by atoms with E-state index >= 15 is 0 Å². The fourth-order valence-electron chi connectivity index (χ4n) is 1.36. The number of benzene rings is 1. The van der Waals surface area contributed by atoms with Crippen LogP contribution in [0.15, 0.2) is 30.6 Å². The Balaban J connectivity index is 2.62. The van der Waals surface area contributed by atoms with E-state index in [4.69, 9.17) is 40.5 Å². The molecule has 0 aliphatic heterocycles. The SMILES string of the molecule is Nc1ccncc1-c1cc(Cl)c(Cl)c(Cl)c1. The molecule has 0 aliphatic carbocycles. The molecule has 0 saturated heterocycles. The monoisotopic (exact) mass is 272 g/mol. The number of hydrogen-bond donors (Lipinski definition) is 1. The molecule has 0 saturated carbocycles. The first-order valence-corrected chi connectivity index (χ1v) is 5.57. The first kappa shape index (κ1) is 11.5. The largest absolute Gasteiger partial charge is 0.398 e. The van der Waals surface area contributed by atoms with Gasteiger partial charge in [0.25, 0.3) is 0 Å².